The van der Waals surface area contributed by atoms with Gasteiger partial charge < -0.3 is 34.5 Å². The van der Waals surface area contributed by atoms with Crippen molar-refractivity contribution in [2.75, 3.05) is 34.1 Å². The van der Waals surface area contributed by atoms with Gasteiger partial charge in [0.05, 0.1) is 25.2 Å². The number of aromatic hydroxyl groups is 1. The molecule has 0 aliphatic carbocycles. The summed E-state index contributed by atoms with van der Waals surface area (Å²) in [4.78, 5) is 17.6. The summed E-state index contributed by atoms with van der Waals surface area (Å²) < 4.78 is 24.1. The molecule has 3 aromatic rings. The summed E-state index contributed by atoms with van der Waals surface area (Å²) in [6.07, 6.45) is 2.86. The molecule has 47 heavy (non-hydrogen) atoms. The van der Waals surface area contributed by atoms with E-state index >= 15 is 0 Å². The van der Waals surface area contributed by atoms with E-state index in [2.05, 4.69) is 27.8 Å². The highest BCUT2D eigenvalue weighted by molar-refractivity contribution is 5.76. The fraction of sp³-hybridized carbons (Fsp3) is 0.432. The standard InChI is InChI=1S/C37H43N3O7/c1-6-14-45-34-21(3)35-36(47-19-46-35)30-24(34)17-25-31-29-23(15-20(2)33(44-5)32(29)42)16-26(39(31)4)37(43)40(25)27(30)18-38-28(41)13-12-22-10-8-7-9-11-22/h6-11,15,25-27,31,37,42-43H,1,12-14,16-19H2,2-5H3,(H,38,41)/t25?,26-,27-,31-,37-/m0/s1. The van der Waals surface area contributed by atoms with Crippen LogP contribution in [0.3, 0.4) is 0 Å². The maximum absolute atomic E-state index is 13.3. The molecule has 10 nitrogen and oxygen atoms in total. The summed E-state index contributed by atoms with van der Waals surface area (Å²) >= 11 is 0. The lowest BCUT2D eigenvalue weighted by atomic mass is 9.73. The SMILES string of the molecule is C=CCOc1c(C)c2c(c3c1CC1[C@H]4c5c(cc(C)c(OC)c5O)C[C@@H]([C@H](O)N1[C@H]3CNC(=O)CCc1ccccc1)N4C)OCO2. The van der Waals surface area contributed by atoms with E-state index in [1.165, 1.54) is 0 Å². The number of phenolic OH excluding ortho intramolecular Hbond substituents is 1. The van der Waals surface area contributed by atoms with Gasteiger partial charge in [-0.2, -0.15) is 0 Å². The number of methoxy groups -OCH3 is 1. The van der Waals surface area contributed by atoms with Crippen LogP contribution in [0.1, 0.15) is 57.4 Å². The fourth-order valence-corrected chi connectivity index (χ4v) is 8.38. The van der Waals surface area contributed by atoms with Gasteiger partial charge in [-0.15, -0.1) is 0 Å². The molecule has 0 radical (unpaired) electrons. The van der Waals surface area contributed by atoms with Gasteiger partial charge in [-0.05, 0) is 56.8 Å². The Kier molecular flexibility index (Phi) is 8.28. The molecule has 2 bridgehead atoms. The van der Waals surface area contributed by atoms with Gasteiger partial charge in [-0.25, -0.2) is 0 Å². The molecule has 4 aliphatic rings. The topological polar surface area (TPSA) is 113 Å². The highest BCUT2D eigenvalue weighted by Gasteiger charge is 2.56. The van der Waals surface area contributed by atoms with Crippen LogP contribution in [0.15, 0.2) is 49.1 Å². The Morgan fingerprint density at radius 1 is 1.11 bits per heavy atom. The number of ether oxygens (including phenoxy) is 4. The van der Waals surface area contributed by atoms with Crippen molar-refractivity contribution < 1.29 is 34.0 Å². The summed E-state index contributed by atoms with van der Waals surface area (Å²) in [5, 5.41) is 27.1. The molecule has 7 rings (SSSR count). The first kappa shape index (κ1) is 31.4. The zero-order valence-corrected chi connectivity index (χ0v) is 27.4. The largest absolute Gasteiger partial charge is 0.504 e. The van der Waals surface area contributed by atoms with Crippen molar-refractivity contribution in [2.24, 2.45) is 0 Å². The van der Waals surface area contributed by atoms with Crippen molar-refractivity contribution in [3.63, 3.8) is 0 Å². The summed E-state index contributed by atoms with van der Waals surface area (Å²) in [5.74, 6) is 2.46. The molecule has 3 aromatic carbocycles. The average Bonchev–Trinajstić information content (AvgIpc) is 3.56. The van der Waals surface area contributed by atoms with E-state index in [1.54, 1.807) is 13.2 Å². The highest BCUT2D eigenvalue weighted by Crippen LogP contribution is 2.58. The van der Waals surface area contributed by atoms with Gasteiger partial charge in [0.15, 0.2) is 23.0 Å². The van der Waals surface area contributed by atoms with Gasteiger partial charge in [-0.1, -0.05) is 49.1 Å². The summed E-state index contributed by atoms with van der Waals surface area (Å²) in [6.45, 7) is 8.37. The van der Waals surface area contributed by atoms with Gasteiger partial charge in [0, 0.05) is 41.3 Å². The summed E-state index contributed by atoms with van der Waals surface area (Å²) in [5.41, 5.74) is 6.41. The lowest BCUT2D eigenvalue weighted by Gasteiger charge is -2.60. The van der Waals surface area contributed by atoms with Crippen LogP contribution in [0.4, 0.5) is 0 Å². The van der Waals surface area contributed by atoms with Crippen molar-refractivity contribution in [3.8, 4) is 28.7 Å². The molecule has 248 valence electrons. The van der Waals surface area contributed by atoms with Crippen molar-refractivity contribution in [2.45, 2.75) is 69.9 Å². The number of phenols is 1. The molecule has 10 heteroatoms. The summed E-state index contributed by atoms with van der Waals surface area (Å²) in [7, 11) is 3.59. The van der Waals surface area contributed by atoms with E-state index in [-0.39, 0.29) is 43.1 Å². The number of aliphatic hydroxyl groups excluding tert-OH is 1. The van der Waals surface area contributed by atoms with E-state index in [0.29, 0.717) is 55.3 Å². The number of benzene rings is 3. The number of piperazine rings is 1. The van der Waals surface area contributed by atoms with Crippen LogP contribution < -0.4 is 24.3 Å². The van der Waals surface area contributed by atoms with E-state index in [4.69, 9.17) is 18.9 Å². The Balaban J connectivity index is 1.34. The van der Waals surface area contributed by atoms with E-state index in [1.807, 2.05) is 51.2 Å². The van der Waals surface area contributed by atoms with Crippen LogP contribution >= 0.6 is 0 Å². The predicted molar refractivity (Wildman–Crippen MR) is 176 cm³/mol. The lowest BCUT2D eigenvalue weighted by Crippen LogP contribution is -2.69. The molecule has 0 saturated carbocycles. The molecule has 4 heterocycles. The molecule has 0 spiro atoms. The van der Waals surface area contributed by atoms with Crippen LogP contribution in [0.2, 0.25) is 0 Å². The Bertz CT molecular complexity index is 1710. The zero-order chi connectivity index (χ0) is 33.0. The Labute approximate surface area is 275 Å². The maximum Gasteiger partial charge on any atom is 0.231 e. The number of carbonyl (C=O) groups is 1. The number of amides is 1. The number of nitrogens with one attached hydrogen (secondary N) is 1. The zero-order valence-electron chi connectivity index (χ0n) is 27.4. The van der Waals surface area contributed by atoms with Crippen LogP contribution in [0, 0.1) is 13.8 Å². The van der Waals surface area contributed by atoms with Crippen LogP contribution in [-0.4, -0.2) is 78.3 Å². The molecule has 1 saturated heterocycles. The first-order valence-corrected chi connectivity index (χ1v) is 16.3. The molecular formula is C37H43N3O7. The van der Waals surface area contributed by atoms with Crippen molar-refractivity contribution in [3.05, 3.63) is 88.0 Å². The molecule has 3 N–H and O–H groups in total. The number of likely N-dealkylation sites (N-methyl/N-ethyl adjacent to an activating group) is 1. The van der Waals surface area contributed by atoms with Crippen LogP contribution in [-0.2, 0) is 24.1 Å². The van der Waals surface area contributed by atoms with Gasteiger partial charge in [0.25, 0.3) is 0 Å². The number of aliphatic hydroxyl groups is 1. The van der Waals surface area contributed by atoms with Crippen LogP contribution in [0.25, 0.3) is 0 Å². The van der Waals surface area contributed by atoms with Crippen molar-refractivity contribution >= 4 is 5.91 Å². The predicted octanol–water partition coefficient (Wildman–Crippen LogP) is 4.26. The second kappa shape index (κ2) is 12.4. The first-order chi connectivity index (χ1) is 22.7. The number of nitrogens with zero attached hydrogens (tertiary/aromatic N) is 2. The lowest BCUT2D eigenvalue weighted by molar-refractivity contribution is -0.172. The third-order valence-electron chi connectivity index (χ3n) is 10.4. The quantitative estimate of drug-likeness (QED) is 0.295. The number of hydrogen-bond acceptors (Lipinski definition) is 9. The number of aryl methyl sites for hydroxylation is 2. The van der Waals surface area contributed by atoms with Crippen molar-refractivity contribution in [1.29, 1.82) is 0 Å². The normalized spacial score (nSPS) is 24.1. The maximum atomic E-state index is 13.3. The number of hydrogen-bond donors (Lipinski definition) is 3. The van der Waals surface area contributed by atoms with Gasteiger partial charge in [0.2, 0.25) is 12.7 Å². The molecular weight excluding hydrogens is 598 g/mol. The first-order valence-electron chi connectivity index (χ1n) is 16.3. The van der Waals surface area contributed by atoms with E-state index in [0.717, 1.165) is 38.9 Å². The Hall–Kier alpha value is -4.25. The molecule has 1 amide bonds. The van der Waals surface area contributed by atoms with Gasteiger partial charge in [-0.3, -0.25) is 14.6 Å². The second-order valence-electron chi connectivity index (χ2n) is 13.0. The molecule has 0 aromatic heterocycles. The Morgan fingerprint density at radius 2 is 1.87 bits per heavy atom. The highest BCUT2D eigenvalue weighted by atomic mass is 16.7. The Morgan fingerprint density at radius 3 is 2.62 bits per heavy atom. The van der Waals surface area contributed by atoms with E-state index < -0.39 is 12.3 Å². The average molecular weight is 642 g/mol. The fourth-order valence-electron chi connectivity index (χ4n) is 8.38. The van der Waals surface area contributed by atoms with E-state index in [9.17, 15) is 15.0 Å². The summed E-state index contributed by atoms with van der Waals surface area (Å²) in [6, 6.07) is 10.8. The minimum atomic E-state index is -0.866. The second-order valence-corrected chi connectivity index (χ2v) is 13.0. The molecule has 1 fully saturated rings. The third-order valence-corrected chi connectivity index (χ3v) is 10.4. The minimum Gasteiger partial charge on any atom is -0.504 e. The van der Waals surface area contributed by atoms with Gasteiger partial charge in [0.1, 0.15) is 18.6 Å². The van der Waals surface area contributed by atoms with Crippen molar-refractivity contribution in [1.82, 2.24) is 15.1 Å². The molecule has 4 aliphatic heterocycles. The smallest absolute Gasteiger partial charge is 0.231 e. The molecule has 5 atom stereocenters. The third kappa shape index (κ3) is 5.10. The number of fused-ring (bicyclic) bond motifs is 9. The molecule has 1 unspecified atom stereocenters. The van der Waals surface area contributed by atoms with Crippen LogP contribution in [0.5, 0.6) is 28.7 Å². The van der Waals surface area contributed by atoms with Gasteiger partial charge >= 0.3 is 0 Å². The minimum absolute atomic E-state index is 0.0735. The number of rotatable bonds is 9. The number of carbonyl (C=O) groups excluding carboxylic acids is 1. The monoisotopic (exact) mass is 641 g/mol.